The van der Waals surface area contributed by atoms with Crippen LogP contribution in [-0.4, -0.2) is 37.2 Å². The SMILES string of the molecule is CC/C=C\C/C=C\C/C=C\C/C=C\CCCCCCC(=O)OC(COC(=O)CCCCCCCCCCCC)COC(=O)CCCCCCCCCCCCCCCCCCCCCCCC. The number of esters is 3. The van der Waals surface area contributed by atoms with Gasteiger partial charge >= 0.3 is 17.9 Å². The molecule has 0 saturated carbocycles. The molecule has 0 bridgehead atoms. The molecule has 0 saturated heterocycles. The van der Waals surface area contributed by atoms with Crippen molar-refractivity contribution in [3.8, 4) is 0 Å². The van der Waals surface area contributed by atoms with Crippen LogP contribution in [0, 0.1) is 0 Å². The minimum absolute atomic E-state index is 0.0791. The summed E-state index contributed by atoms with van der Waals surface area (Å²) in [5, 5.41) is 0. The standard InChI is InChI=1S/C61H110O6/c1-4-7-10-13-16-19-22-24-26-28-29-30-31-32-34-35-37-39-42-45-48-51-54-60(63)66-57-58(56-65-59(62)53-50-47-44-41-21-18-15-12-9-6-3)67-61(64)55-52-49-46-43-40-38-36-33-27-25-23-20-17-14-11-8-5-2/h8,11,17,20,25,27,36,38,58H,4-7,9-10,12-16,18-19,21-24,26,28-35,37,39-57H2,1-3H3/b11-8-,20-17-,27-25-,38-36-. The molecule has 0 spiro atoms. The lowest BCUT2D eigenvalue weighted by atomic mass is 10.0. The normalized spacial score (nSPS) is 12.3. The van der Waals surface area contributed by atoms with Crippen LogP contribution in [0.15, 0.2) is 48.6 Å². The zero-order valence-corrected chi connectivity index (χ0v) is 44.7. The fourth-order valence-electron chi connectivity index (χ4n) is 8.49. The maximum atomic E-state index is 12.8. The molecule has 0 aliphatic heterocycles. The lowest BCUT2D eigenvalue weighted by Crippen LogP contribution is -2.30. The first-order valence-corrected chi connectivity index (χ1v) is 29.1. The number of rotatable bonds is 53. The molecule has 390 valence electrons. The molecule has 0 aromatic rings. The molecule has 1 unspecified atom stereocenters. The highest BCUT2D eigenvalue weighted by atomic mass is 16.6. The molecule has 0 aliphatic rings. The first-order chi connectivity index (χ1) is 33.0. The summed E-state index contributed by atoms with van der Waals surface area (Å²) in [7, 11) is 0. The summed E-state index contributed by atoms with van der Waals surface area (Å²) in [6.45, 7) is 6.53. The predicted molar refractivity (Wildman–Crippen MR) is 289 cm³/mol. The van der Waals surface area contributed by atoms with Gasteiger partial charge in [0.2, 0.25) is 0 Å². The van der Waals surface area contributed by atoms with Crippen molar-refractivity contribution < 1.29 is 28.6 Å². The number of ether oxygens (including phenoxy) is 3. The monoisotopic (exact) mass is 939 g/mol. The van der Waals surface area contributed by atoms with Gasteiger partial charge in [0.1, 0.15) is 13.2 Å². The molecule has 0 aromatic heterocycles. The summed E-state index contributed by atoms with van der Waals surface area (Å²) in [5.41, 5.74) is 0. The number of allylic oxidation sites excluding steroid dienone is 8. The van der Waals surface area contributed by atoms with Crippen LogP contribution in [0.1, 0.15) is 303 Å². The summed E-state index contributed by atoms with van der Waals surface area (Å²) >= 11 is 0. The molecule has 0 aromatic carbocycles. The minimum Gasteiger partial charge on any atom is -0.462 e. The second kappa shape index (κ2) is 56.0. The van der Waals surface area contributed by atoms with Gasteiger partial charge < -0.3 is 14.2 Å². The average Bonchev–Trinajstić information content (AvgIpc) is 3.33. The molecule has 0 N–H and O–H groups in total. The fourth-order valence-corrected chi connectivity index (χ4v) is 8.49. The molecule has 6 nitrogen and oxygen atoms in total. The van der Waals surface area contributed by atoms with Crippen LogP contribution in [-0.2, 0) is 28.6 Å². The summed E-state index contributed by atoms with van der Waals surface area (Å²) in [4.78, 5) is 38.1. The summed E-state index contributed by atoms with van der Waals surface area (Å²) in [6.07, 6.45) is 68.3. The Labute approximate surface area is 416 Å². The average molecular weight is 940 g/mol. The van der Waals surface area contributed by atoms with E-state index in [2.05, 4.69) is 69.4 Å². The van der Waals surface area contributed by atoms with E-state index in [1.807, 2.05) is 0 Å². The summed E-state index contributed by atoms with van der Waals surface area (Å²) in [5.74, 6) is -0.889. The van der Waals surface area contributed by atoms with E-state index < -0.39 is 6.10 Å². The second-order valence-electron chi connectivity index (χ2n) is 19.5. The Morgan fingerprint density at radius 1 is 0.313 bits per heavy atom. The maximum absolute atomic E-state index is 12.8. The molecule has 0 amide bonds. The van der Waals surface area contributed by atoms with Crippen LogP contribution in [0.5, 0.6) is 0 Å². The van der Waals surface area contributed by atoms with E-state index in [4.69, 9.17) is 14.2 Å². The van der Waals surface area contributed by atoms with Crippen LogP contribution in [0.25, 0.3) is 0 Å². The fraction of sp³-hybridized carbons (Fsp3) is 0.820. The van der Waals surface area contributed by atoms with E-state index in [-0.39, 0.29) is 31.1 Å². The Kier molecular flexibility index (Phi) is 53.8. The van der Waals surface area contributed by atoms with Crippen molar-refractivity contribution in [1.82, 2.24) is 0 Å². The van der Waals surface area contributed by atoms with Crippen molar-refractivity contribution in [2.75, 3.05) is 13.2 Å². The highest BCUT2D eigenvalue weighted by Gasteiger charge is 2.19. The third-order valence-electron chi connectivity index (χ3n) is 12.8. The van der Waals surface area contributed by atoms with E-state index >= 15 is 0 Å². The highest BCUT2D eigenvalue weighted by molar-refractivity contribution is 5.71. The molecule has 0 radical (unpaired) electrons. The Balaban J connectivity index is 4.27. The quantitative estimate of drug-likeness (QED) is 0.0262. The number of carbonyl (C=O) groups is 3. The summed E-state index contributed by atoms with van der Waals surface area (Å²) in [6, 6.07) is 0. The van der Waals surface area contributed by atoms with Crippen LogP contribution in [0.2, 0.25) is 0 Å². The zero-order valence-electron chi connectivity index (χ0n) is 44.7. The molecule has 6 heteroatoms. The van der Waals surface area contributed by atoms with Gasteiger partial charge in [0.15, 0.2) is 6.10 Å². The Hall–Kier alpha value is -2.63. The van der Waals surface area contributed by atoms with Crippen LogP contribution < -0.4 is 0 Å². The first kappa shape index (κ1) is 64.4. The third kappa shape index (κ3) is 54.2. The molecular weight excluding hydrogens is 829 g/mol. The number of hydrogen-bond acceptors (Lipinski definition) is 6. The van der Waals surface area contributed by atoms with Crippen molar-refractivity contribution >= 4 is 17.9 Å². The molecule has 0 heterocycles. The minimum atomic E-state index is -0.782. The Bertz CT molecular complexity index is 1170. The molecule has 1 atom stereocenters. The van der Waals surface area contributed by atoms with Gasteiger partial charge in [-0.1, -0.05) is 275 Å². The van der Waals surface area contributed by atoms with Gasteiger partial charge in [-0.2, -0.15) is 0 Å². The highest BCUT2D eigenvalue weighted by Crippen LogP contribution is 2.17. The van der Waals surface area contributed by atoms with Gasteiger partial charge in [0, 0.05) is 19.3 Å². The van der Waals surface area contributed by atoms with E-state index in [1.54, 1.807) is 0 Å². The van der Waals surface area contributed by atoms with Gasteiger partial charge in [-0.15, -0.1) is 0 Å². The van der Waals surface area contributed by atoms with Crippen molar-refractivity contribution in [3.05, 3.63) is 48.6 Å². The Morgan fingerprint density at radius 2 is 0.582 bits per heavy atom. The van der Waals surface area contributed by atoms with E-state index in [0.717, 1.165) is 96.3 Å². The van der Waals surface area contributed by atoms with E-state index in [1.165, 1.54) is 167 Å². The lowest BCUT2D eigenvalue weighted by Gasteiger charge is -2.18. The lowest BCUT2D eigenvalue weighted by molar-refractivity contribution is -0.167. The second-order valence-corrected chi connectivity index (χ2v) is 19.5. The van der Waals surface area contributed by atoms with Gasteiger partial charge in [-0.25, -0.2) is 0 Å². The summed E-state index contributed by atoms with van der Waals surface area (Å²) < 4.78 is 16.8. The van der Waals surface area contributed by atoms with Gasteiger partial charge in [0.25, 0.3) is 0 Å². The topological polar surface area (TPSA) is 78.9 Å². The van der Waals surface area contributed by atoms with Crippen LogP contribution >= 0.6 is 0 Å². The molecule has 67 heavy (non-hydrogen) atoms. The van der Waals surface area contributed by atoms with Crippen molar-refractivity contribution in [3.63, 3.8) is 0 Å². The predicted octanol–water partition coefficient (Wildman–Crippen LogP) is 19.4. The third-order valence-corrected chi connectivity index (χ3v) is 12.8. The number of hydrogen-bond donors (Lipinski definition) is 0. The van der Waals surface area contributed by atoms with E-state index in [9.17, 15) is 14.4 Å². The zero-order chi connectivity index (χ0) is 48.6. The van der Waals surface area contributed by atoms with Gasteiger partial charge in [0.05, 0.1) is 0 Å². The largest absolute Gasteiger partial charge is 0.462 e. The van der Waals surface area contributed by atoms with Crippen LogP contribution in [0.3, 0.4) is 0 Å². The molecule has 0 rings (SSSR count). The first-order valence-electron chi connectivity index (χ1n) is 29.1. The van der Waals surface area contributed by atoms with Gasteiger partial charge in [-0.05, 0) is 57.8 Å². The van der Waals surface area contributed by atoms with E-state index in [0.29, 0.717) is 19.3 Å². The van der Waals surface area contributed by atoms with Gasteiger partial charge in [-0.3, -0.25) is 14.4 Å². The molecule has 0 fully saturated rings. The Morgan fingerprint density at radius 3 is 0.910 bits per heavy atom. The molecular formula is C61H110O6. The van der Waals surface area contributed by atoms with Crippen molar-refractivity contribution in [2.45, 2.75) is 309 Å². The maximum Gasteiger partial charge on any atom is 0.306 e. The number of unbranched alkanes of at least 4 members (excludes halogenated alkanes) is 34. The number of carbonyl (C=O) groups excluding carboxylic acids is 3. The molecule has 0 aliphatic carbocycles. The van der Waals surface area contributed by atoms with Crippen LogP contribution in [0.4, 0.5) is 0 Å². The van der Waals surface area contributed by atoms with Crippen molar-refractivity contribution in [2.24, 2.45) is 0 Å². The smallest absolute Gasteiger partial charge is 0.306 e. The van der Waals surface area contributed by atoms with Crippen molar-refractivity contribution in [1.29, 1.82) is 0 Å².